The molecule has 2 amide bonds. The van der Waals surface area contributed by atoms with Gasteiger partial charge in [0.2, 0.25) is 11.8 Å². The quantitative estimate of drug-likeness (QED) is 0.302. The van der Waals surface area contributed by atoms with Crippen LogP contribution in [-0.4, -0.2) is 42.4 Å². The third kappa shape index (κ3) is 6.93. The van der Waals surface area contributed by atoms with Crippen LogP contribution in [0.5, 0.6) is 5.75 Å². The first kappa shape index (κ1) is 26.0. The van der Waals surface area contributed by atoms with E-state index in [1.807, 2.05) is 6.07 Å². The minimum Gasteiger partial charge on any atom is -0.489 e. The summed E-state index contributed by atoms with van der Waals surface area (Å²) in [6.45, 7) is 2.16. The molecule has 0 radical (unpaired) electrons. The summed E-state index contributed by atoms with van der Waals surface area (Å²) in [6.07, 6.45) is 1.67. The molecule has 9 heteroatoms. The monoisotopic (exact) mass is 509 g/mol. The van der Waals surface area contributed by atoms with Gasteiger partial charge in [-0.2, -0.15) is 0 Å². The van der Waals surface area contributed by atoms with Crippen molar-refractivity contribution >= 4 is 41.0 Å². The number of imide groups is 1. The molecule has 1 aliphatic rings. The van der Waals surface area contributed by atoms with Crippen LogP contribution >= 0.6 is 23.2 Å². The molecule has 0 aliphatic carbocycles. The van der Waals surface area contributed by atoms with Crippen LogP contribution in [0, 0.1) is 5.82 Å². The number of carbonyl (C=O) groups is 3. The number of benzene rings is 2. The predicted octanol–water partition coefficient (Wildman–Crippen LogP) is 5.33. The first-order valence-corrected chi connectivity index (χ1v) is 11.9. The molecule has 1 unspecified atom stereocenters. The maximum absolute atomic E-state index is 14.6. The topological polar surface area (TPSA) is 72.9 Å². The predicted molar refractivity (Wildman–Crippen MR) is 127 cm³/mol. The number of halogens is 3. The Morgan fingerprint density at radius 1 is 1.09 bits per heavy atom. The highest BCUT2D eigenvalue weighted by molar-refractivity contribution is 6.42. The SMILES string of the molecule is CCOC(=O)CC(CCc1ccc(OCCN2C(=O)CCC2=O)c(F)c1)c1ccc(Cl)c(Cl)c1. The average molecular weight is 510 g/mol. The van der Waals surface area contributed by atoms with Crippen molar-refractivity contribution in [1.82, 2.24) is 4.90 Å². The van der Waals surface area contributed by atoms with Gasteiger partial charge < -0.3 is 9.47 Å². The maximum atomic E-state index is 14.6. The van der Waals surface area contributed by atoms with Crippen LogP contribution < -0.4 is 4.74 Å². The van der Waals surface area contributed by atoms with Crippen molar-refractivity contribution in [3.05, 3.63) is 63.4 Å². The third-order valence-electron chi connectivity index (χ3n) is 5.64. The van der Waals surface area contributed by atoms with Crippen molar-refractivity contribution in [2.75, 3.05) is 19.8 Å². The number of hydrogen-bond donors (Lipinski definition) is 0. The number of carbonyl (C=O) groups excluding carboxylic acids is 3. The molecule has 0 spiro atoms. The Kier molecular flexibility index (Phi) is 9.30. The van der Waals surface area contributed by atoms with Gasteiger partial charge in [-0.3, -0.25) is 19.3 Å². The summed E-state index contributed by atoms with van der Waals surface area (Å²) in [4.78, 5) is 36.5. The second kappa shape index (κ2) is 12.2. The lowest BCUT2D eigenvalue weighted by molar-refractivity contribution is -0.143. The molecular weight excluding hydrogens is 484 g/mol. The van der Waals surface area contributed by atoms with Gasteiger partial charge in [-0.05, 0) is 61.1 Å². The third-order valence-corrected chi connectivity index (χ3v) is 6.38. The molecule has 3 rings (SSSR count). The number of nitrogens with zero attached hydrogens (tertiary/aromatic N) is 1. The largest absolute Gasteiger partial charge is 0.489 e. The van der Waals surface area contributed by atoms with Gasteiger partial charge in [-0.1, -0.05) is 35.3 Å². The standard InChI is InChI=1S/C25H26Cl2FNO5/c1-2-33-25(32)15-18(17-6-7-19(26)20(27)14-17)5-3-16-4-8-22(21(28)13-16)34-12-11-29-23(30)9-10-24(29)31/h4,6-8,13-14,18H,2-3,5,9-12,15H2,1H3. The van der Waals surface area contributed by atoms with E-state index < -0.39 is 5.82 Å². The van der Waals surface area contributed by atoms with Gasteiger partial charge in [0.25, 0.3) is 0 Å². The number of likely N-dealkylation sites (tertiary alicyclic amines) is 1. The molecule has 0 saturated carbocycles. The highest BCUT2D eigenvalue weighted by Gasteiger charge is 2.28. The van der Waals surface area contributed by atoms with E-state index in [-0.39, 0.29) is 61.9 Å². The number of ether oxygens (including phenoxy) is 2. The fourth-order valence-corrected chi connectivity index (χ4v) is 4.16. The van der Waals surface area contributed by atoms with E-state index in [0.29, 0.717) is 29.5 Å². The van der Waals surface area contributed by atoms with E-state index in [1.165, 1.54) is 12.1 Å². The van der Waals surface area contributed by atoms with Crippen molar-refractivity contribution < 1.29 is 28.2 Å². The van der Waals surface area contributed by atoms with Gasteiger partial charge in [-0.25, -0.2) is 4.39 Å². The molecule has 1 aliphatic heterocycles. The Hall–Kier alpha value is -2.64. The summed E-state index contributed by atoms with van der Waals surface area (Å²) in [5, 5.41) is 0.828. The first-order chi connectivity index (χ1) is 16.3. The van der Waals surface area contributed by atoms with E-state index in [9.17, 15) is 18.8 Å². The molecule has 1 fully saturated rings. The zero-order valence-corrected chi connectivity index (χ0v) is 20.3. The molecule has 1 heterocycles. The van der Waals surface area contributed by atoms with Crippen molar-refractivity contribution in [3.8, 4) is 5.75 Å². The lowest BCUT2D eigenvalue weighted by Crippen LogP contribution is -2.33. The van der Waals surface area contributed by atoms with Crippen molar-refractivity contribution in [2.45, 2.75) is 44.9 Å². The zero-order valence-electron chi connectivity index (χ0n) is 18.8. The minimum absolute atomic E-state index is 0.0205. The Bertz CT molecular complexity index is 1050. The van der Waals surface area contributed by atoms with Gasteiger partial charge in [0.15, 0.2) is 11.6 Å². The summed E-state index contributed by atoms with van der Waals surface area (Å²) in [5.74, 6) is -1.44. The van der Waals surface area contributed by atoms with Gasteiger partial charge in [0.1, 0.15) is 6.61 Å². The molecule has 2 aromatic carbocycles. The Balaban J connectivity index is 1.61. The molecular formula is C25H26Cl2FNO5. The number of rotatable bonds is 11. The second-order valence-electron chi connectivity index (χ2n) is 7.97. The van der Waals surface area contributed by atoms with Gasteiger partial charge >= 0.3 is 5.97 Å². The Morgan fingerprint density at radius 2 is 1.82 bits per heavy atom. The van der Waals surface area contributed by atoms with Crippen LogP contribution in [0.4, 0.5) is 4.39 Å². The highest BCUT2D eigenvalue weighted by Crippen LogP contribution is 2.32. The molecule has 34 heavy (non-hydrogen) atoms. The molecule has 6 nitrogen and oxygen atoms in total. The molecule has 1 saturated heterocycles. The second-order valence-corrected chi connectivity index (χ2v) is 8.79. The Labute approximate surface area is 207 Å². The summed E-state index contributed by atoms with van der Waals surface area (Å²) in [6, 6.07) is 9.91. The molecule has 0 N–H and O–H groups in total. The summed E-state index contributed by atoms with van der Waals surface area (Å²) in [5.41, 5.74) is 1.59. The van der Waals surface area contributed by atoms with Crippen LogP contribution in [0.1, 0.15) is 49.7 Å². The molecule has 182 valence electrons. The smallest absolute Gasteiger partial charge is 0.306 e. The minimum atomic E-state index is -0.534. The van der Waals surface area contributed by atoms with Crippen molar-refractivity contribution in [2.24, 2.45) is 0 Å². The van der Waals surface area contributed by atoms with Crippen LogP contribution in [-0.2, 0) is 25.5 Å². The average Bonchev–Trinajstić information content (AvgIpc) is 3.12. The van der Waals surface area contributed by atoms with Crippen LogP contribution in [0.25, 0.3) is 0 Å². The summed E-state index contributed by atoms with van der Waals surface area (Å²) in [7, 11) is 0. The van der Waals surface area contributed by atoms with Gasteiger partial charge in [0.05, 0.1) is 29.6 Å². The number of hydrogen-bond acceptors (Lipinski definition) is 5. The van der Waals surface area contributed by atoms with E-state index in [1.54, 1.807) is 25.1 Å². The number of aryl methyl sites for hydroxylation is 1. The van der Waals surface area contributed by atoms with E-state index >= 15 is 0 Å². The summed E-state index contributed by atoms with van der Waals surface area (Å²) >= 11 is 12.2. The molecule has 0 aromatic heterocycles. The lowest BCUT2D eigenvalue weighted by atomic mass is 9.89. The van der Waals surface area contributed by atoms with E-state index in [4.69, 9.17) is 32.7 Å². The zero-order chi connectivity index (χ0) is 24.7. The van der Waals surface area contributed by atoms with Gasteiger partial charge in [-0.15, -0.1) is 0 Å². The molecule has 0 bridgehead atoms. The van der Waals surface area contributed by atoms with Crippen LogP contribution in [0.3, 0.4) is 0 Å². The lowest BCUT2D eigenvalue weighted by Gasteiger charge is -2.18. The van der Waals surface area contributed by atoms with E-state index in [2.05, 4.69) is 0 Å². The molecule has 2 aromatic rings. The molecule has 1 atom stereocenters. The van der Waals surface area contributed by atoms with Crippen molar-refractivity contribution in [1.29, 1.82) is 0 Å². The highest BCUT2D eigenvalue weighted by atomic mass is 35.5. The van der Waals surface area contributed by atoms with Gasteiger partial charge in [0, 0.05) is 12.8 Å². The van der Waals surface area contributed by atoms with Crippen LogP contribution in [0.2, 0.25) is 10.0 Å². The normalized spacial score (nSPS) is 14.4. The maximum Gasteiger partial charge on any atom is 0.306 e. The van der Waals surface area contributed by atoms with Crippen LogP contribution in [0.15, 0.2) is 36.4 Å². The fraction of sp³-hybridized carbons (Fsp3) is 0.400. The van der Waals surface area contributed by atoms with E-state index in [0.717, 1.165) is 16.0 Å². The Morgan fingerprint density at radius 3 is 2.47 bits per heavy atom. The first-order valence-electron chi connectivity index (χ1n) is 11.1. The number of amides is 2. The number of esters is 1. The van der Waals surface area contributed by atoms with Crippen molar-refractivity contribution in [3.63, 3.8) is 0 Å². The summed E-state index contributed by atoms with van der Waals surface area (Å²) < 4.78 is 25.1. The fourth-order valence-electron chi connectivity index (χ4n) is 3.85.